The molecule has 5 nitrogen and oxygen atoms in total. The van der Waals surface area contributed by atoms with Gasteiger partial charge in [-0.3, -0.25) is 10.0 Å². The smallest absolute Gasteiger partial charge is 0.267 e. The predicted octanol–water partition coefficient (Wildman–Crippen LogP) is 5.62. The molecule has 32 heavy (non-hydrogen) atoms. The third kappa shape index (κ3) is 9.35. The van der Waals surface area contributed by atoms with Crippen molar-refractivity contribution in [2.75, 3.05) is 12.7 Å². The molecule has 0 aliphatic carbocycles. The zero-order chi connectivity index (χ0) is 23.8. The van der Waals surface area contributed by atoms with Crippen LogP contribution in [0.1, 0.15) is 49.6 Å². The number of para-hydroxylation sites is 1. The number of amides is 1. The highest BCUT2D eigenvalue weighted by Crippen LogP contribution is 2.21. The molecule has 1 amide bonds. The van der Waals surface area contributed by atoms with E-state index in [1.807, 2.05) is 38.1 Å². The van der Waals surface area contributed by atoms with Crippen molar-refractivity contribution in [3.05, 3.63) is 77.0 Å². The summed E-state index contributed by atoms with van der Waals surface area (Å²) >= 11 is 0. The van der Waals surface area contributed by atoms with Crippen LogP contribution in [0, 0.1) is 6.92 Å². The molecule has 0 radical (unpaired) electrons. The monoisotopic (exact) mass is 455 g/mol. The number of fused-ring (bicyclic) bond motifs is 1. The van der Waals surface area contributed by atoms with Crippen LogP contribution < -0.4 is 10.8 Å². The van der Waals surface area contributed by atoms with E-state index in [9.17, 15) is 4.79 Å². The van der Waals surface area contributed by atoms with Crippen molar-refractivity contribution < 1.29 is 10.0 Å². The Morgan fingerprint density at radius 1 is 1.12 bits per heavy atom. The van der Waals surface area contributed by atoms with Crippen LogP contribution in [0.2, 0.25) is 0 Å². The Bertz CT molecular complexity index is 947. The molecule has 0 fully saturated rings. The lowest BCUT2D eigenvalue weighted by atomic mass is 10.1. The van der Waals surface area contributed by atoms with Crippen molar-refractivity contribution in [2.24, 2.45) is 0 Å². The highest BCUT2D eigenvalue weighted by molar-refractivity contribution is 7.16. The van der Waals surface area contributed by atoms with Crippen LogP contribution >= 0.6 is 9.24 Å². The molecule has 3 rings (SSSR count). The number of hydroxylamine groups is 1. The molecule has 1 unspecified atom stereocenters. The number of rotatable bonds is 8. The summed E-state index contributed by atoms with van der Waals surface area (Å²) < 4.78 is 0. The van der Waals surface area contributed by atoms with Gasteiger partial charge in [0.25, 0.3) is 5.91 Å². The second-order valence-electron chi connectivity index (χ2n) is 7.04. The maximum absolute atomic E-state index is 11.0. The lowest BCUT2D eigenvalue weighted by Crippen LogP contribution is -2.16. The van der Waals surface area contributed by atoms with Gasteiger partial charge in [0.1, 0.15) is 0 Å². The minimum atomic E-state index is -0.539. The number of hydrogen-bond donors (Lipinski definition) is 4. The summed E-state index contributed by atoms with van der Waals surface area (Å²) in [5.74, 6) is -0.539. The quantitative estimate of drug-likeness (QED) is 0.117. The summed E-state index contributed by atoms with van der Waals surface area (Å²) in [5, 5.41) is 13.2. The van der Waals surface area contributed by atoms with Gasteiger partial charge in [0, 0.05) is 29.2 Å². The number of H-pyrrole nitrogens is 1. The second kappa shape index (κ2) is 16.2. The molecule has 0 spiro atoms. The Kier molecular flexibility index (Phi) is 14.0. The first kappa shape index (κ1) is 27.6. The highest BCUT2D eigenvalue weighted by Gasteiger charge is 2.07. The van der Waals surface area contributed by atoms with E-state index >= 15 is 0 Å². The van der Waals surface area contributed by atoms with Crippen LogP contribution in [0.15, 0.2) is 54.6 Å². The Balaban J connectivity index is 0.000000769. The number of carbonyl (C=O) groups is 1. The zero-order valence-electron chi connectivity index (χ0n) is 19.7. The fraction of sp³-hybridized carbons (Fsp3) is 0.346. The molecule has 1 atom stereocenters. The molecular weight excluding hydrogens is 417 g/mol. The van der Waals surface area contributed by atoms with E-state index in [1.54, 1.807) is 11.6 Å². The number of aromatic amines is 1. The predicted molar refractivity (Wildman–Crippen MR) is 140 cm³/mol. The van der Waals surface area contributed by atoms with Crippen LogP contribution in [0.25, 0.3) is 17.0 Å². The van der Waals surface area contributed by atoms with Gasteiger partial charge in [0.2, 0.25) is 0 Å². The third-order valence-corrected chi connectivity index (χ3v) is 5.29. The van der Waals surface area contributed by atoms with Crippen molar-refractivity contribution in [3.63, 3.8) is 0 Å². The lowest BCUT2D eigenvalue weighted by Gasteiger charge is -2.06. The Morgan fingerprint density at radius 2 is 1.78 bits per heavy atom. The molecule has 4 N–H and O–H groups in total. The Labute approximate surface area is 194 Å². The second-order valence-corrected chi connectivity index (χ2v) is 7.62. The summed E-state index contributed by atoms with van der Waals surface area (Å²) in [4.78, 5) is 14.4. The number of hydrogen-bond acceptors (Lipinski definition) is 3. The molecule has 0 aliphatic heterocycles. The number of nitrogens with one attached hydrogen (secondary N) is 3. The van der Waals surface area contributed by atoms with Gasteiger partial charge >= 0.3 is 0 Å². The van der Waals surface area contributed by atoms with Crippen molar-refractivity contribution >= 4 is 32.1 Å². The fourth-order valence-corrected chi connectivity index (χ4v) is 3.06. The Hall–Kier alpha value is -2.46. The maximum atomic E-state index is 11.0. The van der Waals surface area contributed by atoms with Crippen molar-refractivity contribution in [1.82, 2.24) is 15.8 Å². The van der Waals surface area contributed by atoms with Crippen molar-refractivity contribution in [3.8, 4) is 0 Å². The van der Waals surface area contributed by atoms with Crippen LogP contribution in [0.4, 0.5) is 0 Å². The summed E-state index contributed by atoms with van der Waals surface area (Å²) in [6.45, 7) is 9.98. The molecular formula is C26H38N3O2P. The number of benzene rings is 2. The Morgan fingerprint density at radius 3 is 2.41 bits per heavy atom. The van der Waals surface area contributed by atoms with E-state index in [4.69, 9.17) is 5.21 Å². The molecule has 1 heterocycles. The van der Waals surface area contributed by atoms with Gasteiger partial charge in [-0.05, 0) is 54.9 Å². The van der Waals surface area contributed by atoms with Crippen LogP contribution in [-0.2, 0) is 17.8 Å². The fourth-order valence-electron chi connectivity index (χ4n) is 3.06. The average Bonchev–Trinajstić information content (AvgIpc) is 3.17. The standard InChI is InChI=1S/C21H23N3O2.C3H9P.C2H6/c1-15-18(19-4-2-3-5-20(19)23-15)12-13-22-14-17-8-6-16(7-9-17)10-11-21(25)24-26;1-2-3-4;1-2/h2-11,22-23,26H,12-14H2,1H3,(H,24,25);2-4H2,1H3;1-2H3/b11-10+;;. The van der Waals surface area contributed by atoms with Crippen molar-refractivity contribution in [2.45, 2.75) is 47.1 Å². The molecule has 0 saturated carbocycles. The van der Waals surface area contributed by atoms with Gasteiger partial charge in [-0.1, -0.05) is 69.7 Å². The molecule has 3 aromatic rings. The highest BCUT2D eigenvalue weighted by atomic mass is 31.0. The molecule has 0 aliphatic rings. The van der Waals surface area contributed by atoms with Gasteiger partial charge in [0.15, 0.2) is 0 Å². The van der Waals surface area contributed by atoms with E-state index < -0.39 is 5.91 Å². The number of aryl methyl sites for hydroxylation is 1. The molecule has 174 valence electrons. The van der Waals surface area contributed by atoms with E-state index in [-0.39, 0.29) is 0 Å². The average molecular weight is 456 g/mol. The third-order valence-electron chi connectivity index (χ3n) is 4.71. The minimum absolute atomic E-state index is 0.539. The van der Waals surface area contributed by atoms with E-state index in [2.05, 4.69) is 57.7 Å². The lowest BCUT2D eigenvalue weighted by molar-refractivity contribution is -0.124. The van der Waals surface area contributed by atoms with Gasteiger partial charge in [0.05, 0.1) is 0 Å². The zero-order valence-corrected chi connectivity index (χ0v) is 20.9. The number of carbonyl (C=O) groups excluding carboxylic acids is 1. The number of aromatic nitrogens is 1. The topological polar surface area (TPSA) is 77.2 Å². The SMILES string of the molecule is CC.CCCP.Cc1[nH]c2ccccc2c1CCNCc1ccc(/C=C/C(=O)NO)cc1. The van der Waals surface area contributed by atoms with Crippen LogP contribution in [0.3, 0.4) is 0 Å². The molecule has 0 bridgehead atoms. The van der Waals surface area contributed by atoms with Crippen LogP contribution in [0.5, 0.6) is 0 Å². The summed E-state index contributed by atoms with van der Waals surface area (Å²) in [7, 11) is 2.66. The first-order chi connectivity index (χ1) is 15.6. The van der Waals surface area contributed by atoms with E-state index in [0.717, 1.165) is 25.1 Å². The van der Waals surface area contributed by atoms with E-state index in [1.165, 1.54) is 46.4 Å². The summed E-state index contributed by atoms with van der Waals surface area (Å²) in [6.07, 6.45) is 6.44. The minimum Gasteiger partial charge on any atom is -0.358 e. The first-order valence-corrected chi connectivity index (χ1v) is 12.1. The van der Waals surface area contributed by atoms with E-state index in [0.29, 0.717) is 0 Å². The molecule has 6 heteroatoms. The normalized spacial score (nSPS) is 10.3. The summed E-state index contributed by atoms with van der Waals surface area (Å²) in [6, 6.07) is 16.4. The molecule has 0 saturated heterocycles. The van der Waals surface area contributed by atoms with Gasteiger partial charge < -0.3 is 10.3 Å². The van der Waals surface area contributed by atoms with Gasteiger partial charge in [-0.15, -0.1) is 9.24 Å². The summed E-state index contributed by atoms with van der Waals surface area (Å²) in [5.41, 5.74) is 7.46. The maximum Gasteiger partial charge on any atom is 0.267 e. The molecule has 2 aromatic carbocycles. The van der Waals surface area contributed by atoms with Crippen molar-refractivity contribution in [1.29, 1.82) is 0 Å². The van der Waals surface area contributed by atoms with Crippen LogP contribution in [-0.4, -0.2) is 28.8 Å². The molecule has 1 aromatic heterocycles. The first-order valence-electron chi connectivity index (χ1n) is 11.3. The largest absolute Gasteiger partial charge is 0.358 e. The van der Waals surface area contributed by atoms with Gasteiger partial charge in [-0.25, -0.2) is 5.48 Å². The van der Waals surface area contributed by atoms with Gasteiger partial charge in [-0.2, -0.15) is 0 Å².